The largest absolute Gasteiger partial charge is 0.368 e. The molecule has 3 aromatic rings. The first-order valence-corrected chi connectivity index (χ1v) is 11.7. The maximum atomic E-state index is 15.0. The van der Waals surface area contributed by atoms with Gasteiger partial charge in [0.2, 0.25) is 5.95 Å². The topological polar surface area (TPSA) is 104 Å². The second kappa shape index (κ2) is 9.46. The molecule has 1 aromatic carbocycles. The van der Waals surface area contributed by atoms with E-state index in [-0.39, 0.29) is 17.7 Å². The first-order chi connectivity index (χ1) is 16.9. The molecule has 0 atom stereocenters. The molecule has 9 nitrogen and oxygen atoms in total. The maximum Gasteiger partial charge on any atom is 0.269 e. The highest BCUT2D eigenvalue weighted by atomic mass is 19.1. The van der Waals surface area contributed by atoms with Crippen molar-refractivity contribution in [2.24, 2.45) is 0 Å². The summed E-state index contributed by atoms with van der Waals surface area (Å²) in [7, 11) is 3.66. The highest BCUT2D eigenvalue weighted by Crippen LogP contribution is 2.31. The molecule has 4 heterocycles. The molecule has 1 saturated heterocycles. The van der Waals surface area contributed by atoms with Crippen molar-refractivity contribution in [2.45, 2.75) is 13.0 Å². The highest BCUT2D eigenvalue weighted by molar-refractivity contribution is 5.92. The van der Waals surface area contributed by atoms with Crippen molar-refractivity contribution in [1.29, 1.82) is 0 Å². The van der Waals surface area contributed by atoms with E-state index in [0.717, 1.165) is 48.9 Å². The molecule has 3 N–H and O–H groups in total. The highest BCUT2D eigenvalue weighted by Gasteiger charge is 2.23. The second-order valence-electron chi connectivity index (χ2n) is 9.02. The number of hydrogen-bond acceptors (Lipinski definition) is 8. The lowest BCUT2D eigenvalue weighted by atomic mass is 9.94. The lowest BCUT2D eigenvalue weighted by molar-refractivity contribution is 0.0958. The van der Waals surface area contributed by atoms with Crippen LogP contribution >= 0.6 is 0 Å². The Bertz CT molecular complexity index is 1240. The Morgan fingerprint density at radius 3 is 2.43 bits per heavy atom. The molecular weight excluding hydrogens is 447 g/mol. The number of hydrogen-bond donors (Lipinski definition) is 2. The van der Waals surface area contributed by atoms with Crippen LogP contribution in [0, 0.1) is 5.82 Å². The number of nitrogens with zero attached hydrogens (tertiary/aromatic N) is 6. The van der Waals surface area contributed by atoms with E-state index in [1.807, 2.05) is 12.1 Å². The number of rotatable bonds is 4. The number of aromatic nitrogens is 3. The lowest BCUT2D eigenvalue weighted by Crippen LogP contribution is -2.45. The molecule has 1 amide bonds. The number of halogens is 1. The number of likely N-dealkylation sites (N-methyl/N-ethyl adjacent to an activating group) is 1. The minimum Gasteiger partial charge on any atom is -0.368 e. The average Bonchev–Trinajstić information content (AvgIpc) is 2.87. The Morgan fingerprint density at radius 2 is 1.74 bits per heavy atom. The third kappa shape index (κ3) is 4.74. The molecular formula is C25H29FN8O. The van der Waals surface area contributed by atoms with E-state index in [1.54, 1.807) is 25.2 Å². The number of carbonyl (C=O) groups is 1. The van der Waals surface area contributed by atoms with E-state index in [4.69, 9.17) is 5.73 Å². The Kier molecular flexibility index (Phi) is 6.21. The van der Waals surface area contributed by atoms with Gasteiger partial charge in [-0.25, -0.2) is 4.39 Å². The number of nitrogen functional groups attached to an aromatic ring is 1. The monoisotopic (exact) mass is 476 g/mol. The Labute approximate surface area is 203 Å². The molecule has 2 aliphatic rings. The summed E-state index contributed by atoms with van der Waals surface area (Å²) in [6, 6.07) is 8.80. The van der Waals surface area contributed by atoms with Gasteiger partial charge in [0.05, 0.1) is 0 Å². The Balaban J connectivity index is 1.40. The van der Waals surface area contributed by atoms with Crippen LogP contribution in [0.25, 0.3) is 11.1 Å². The number of anilines is 3. The van der Waals surface area contributed by atoms with Crippen molar-refractivity contribution in [2.75, 3.05) is 62.4 Å². The maximum absolute atomic E-state index is 15.0. The minimum absolute atomic E-state index is 0.254. The first kappa shape index (κ1) is 23.0. The average molecular weight is 477 g/mol. The lowest BCUT2D eigenvalue weighted by Gasteiger charge is -2.34. The fraction of sp³-hybridized carbons (Fsp3) is 0.360. The van der Waals surface area contributed by atoms with E-state index in [1.165, 1.54) is 6.20 Å². The van der Waals surface area contributed by atoms with Crippen molar-refractivity contribution in [3.63, 3.8) is 0 Å². The van der Waals surface area contributed by atoms with Crippen LogP contribution in [0.1, 0.15) is 21.6 Å². The van der Waals surface area contributed by atoms with E-state index >= 15 is 0 Å². The fourth-order valence-corrected chi connectivity index (χ4v) is 4.61. The molecule has 1 fully saturated rings. The van der Waals surface area contributed by atoms with E-state index in [9.17, 15) is 9.18 Å². The van der Waals surface area contributed by atoms with Crippen molar-refractivity contribution < 1.29 is 9.18 Å². The third-order valence-corrected chi connectivity index (χ3v) is 6.70. The Morgan fingerprint density at radius 1 is 1.00 bits per heavy atom. The van der Waals surface area contributed by atoms with Crippen molar-refractivity contribution in [1.82, 2.24) is 25.2 Å². The molecule has 0 radical (unpaired) electrons. The zero-order valence-electron chi connectivity index (χ0n) is 20.0. The molecule has 0 bridgehead atoms. The Hall–Kier alpha value is -3.79. The van der Waals surface area contributed by atoms with Gasteiger partial charge in [-0.05, 0) is 42.8 Å². The first-order valence-electron chi connectivity index (χ1n) is 11.7. The van der Waals surface area contributed by atoms with Gasteiger partial charge in [0, 0.05) is 69.7 Å². The molecule has 2 aromatic heterocycles. The predicted molar refractivity (Wildman–Crippen MR) is 134 cm³/mol. The fourth-order valence-electron chi connectivity index (χ4n) is 4.61. The minimum atomic E-state index is -0.296. The van der Waals surface area contributed by atoms with Gasteiger partial charge in [-0.15, -0.1) is 0 Å². The van der Waals surface area contributed by atoms with Crippen LogP contribution in [-0.2, 0) is 13.0 Å². The third-order valence-electron chi connectivity index (χ3n) is 6.70. The van der Waals surface area contributed by atoms with Crippen molar-refractivity contribution >= 4 is 23.5 Å². The summed E-state index contributed by atoms with van der Waals surface area (Å²) in [4.78, 5) is 31.6. The molecule has 182 valence electrons. The molecule has 0 unspecified atom stereocenters. The van der Waals surface area contributed by atoms with Gasteiger partial charge in [-0.3, -0.25) is 9.78 Å². The molecule has 2 aliphatic heterocycles. The van der Waals surface area contributed by atoms with Crippen LogP contribution in [0.4, 0.5) is 22.0 Å². The number of amides is 1. The number of nitrogens with one attached hydrogen (secondary N) is 1. The number of benzene rings is 1. The molecule has 0 aliphatic carbocycles. The predicted octanol–water partition coefficient (Wildman–Crippen LogP) is 1.93. The van der Waals surface area contributed by atoms with E-state index in [0.29, 0.717) is 36.3 Å². The van der Waals surface area contributed by atoms with Crippen molar-refractivity contribution in [3.8, 4) is 11.1 Å². The smallest absolute Gasteiger partial charge is 0.269 e. The van der Waals surface area contributed by atoms with Gasteiger partial charge in [0.15, 0.2) is 0 Å². The molecule has 5 rings (SSSR count). The molecule has 0 spiro atoms. The number of pyridine rings is 1. The van der Waals surface area contributed by atoms with Crippen LogP contribution < -0.4 is 20.9 Å². The molecule has 10 heteroatoms. The van der Waals surface area contributed by atoms with Crippen LogP contribution in [0.15, 0.2) is 36.5 Å². The van der Waals surface area contributed by atoms with Gasteiger partial charge >= 0.3 is 0 Å². The van der Waals surface area contributed by atoms with Gasteiger partial charge in [0.1, 0.15) is 23.1 Å². The van der Waals surface area contributed by atoms with Gasteiger partial charge in [-0.2, -0.15) is 9.97 Å². The molecule has 0 saturated carbocycles. The zero-order valence-corrected chi connectivity index (χ0v) is 20.0. The van der Waals surface area contributed by atoms with E-state index < -0.39 is 0 Å². The summed E-state index contributed by atoms with van der Waals surface area (Å²) in [6.45, 7) is 5.04. The van der Waals surface area contributed by atoms with E-state index in [2.05, 4.69) is 42.0 Å². The number of nitrogens with two attached hydrogens (primary N) is 1. The van der Waals surface area contributed by atoms with Crippen molar-refractivity contribution in [3.05, 3.63) is 59.2 Å². The summed E-state index contributed by atoms with van der Waals surface area (Å²) in [5.74, 6) is 1.30. The van der Waals surface area contributed by atoms with Gasteiger partial charge in [-0.1, -0.05) is 6.07 Å². The van der Waals surface area contributed by atoms with Crippen LogP contribution in [-0.4, -0.2) is 72.6 Å². The van der Waals surface area contributed by atoms with Gasteiger partial charge in [0.25, 0.3) is 5.91 Å². The summed E-state index contributed by atoms with van der Waals surface area (Å²) in [6.07, 6.45) is 2.23. The second-order valence-corrected chi connectivity index (χ2v) is 9.02. The van der Waals surface area contributed by atoms with Crippen LogP contribution in [0.2, 0.25) is 0 Å². The summed E-state index contributed by atoms with van der Waals surface area (Å²) in [5, 5.41) is 2.54. The number of carbonyl (C=O) groups excluding carboxylic acids is 1. The zero-order chi connectivity index (χ0) is 24.5. The number of piperazine rings is 1. The SMILES string of the molecule is CNC(=O)c1ccc(-c2cc3c(cc2F)CCN(c2cc(N4CCN(C)CC4)nc(N)n2)C3)cn1. The summed E-state index contributed by atoms with van der Waals surface area (Å²) in [5.41, 5.74) is 9.48. The summed E-state index contributed by atoms with van der Waals surface area (Å²) >= 11 is 0. The quantitative estimate of drug-likeness (QED) is 0.589. The molecule has 35 heavy (non-hydrogen) atoms. The normalized spacial score (nSPS) is 16.2. The number of fused-ring (bicyclic) bond motifs is 1. The van der Waals surface area contributed by atoms with Crippen LogP contribution in [0.5, 0.6) is 0 Å². The summed E-state index contributed by atoms with van der Waals surface area (Å²) < 4.78 is 15.0. The van der Waals surface area contributed by atoms with Crippen LogP contribution in [0.3, 0.4) is 0 Å². The van der Waals surface area contributed by atoms with Gasteiger partial charge < -0.3 is 25.8 Å². The standard InChI is InChI=1S/C25H29FN8O/c1-28-24(35)21-4-3-17(14-29-21)19-11-18-15-34(6-5-16(18)12-20(19)26)23-13-22(30-25(27)31-23)33-9-7-32(2)8-10-33/h3-4,11-14H,5-10,15H2,1-2H3,(H,28,35)(H2,27,30,31).